The standard InChI is InChI=1S/C15H22N2O6/c1-20-6-5-16-13(18)9-17-15(19)10-7-11(21-2)14(23-4)12(8-10)22-3/h7-8H,5-6,9H2,1-4H3,(H,16,18)(H,17,19). The zero-order valence-electron chi connectivity index (χ0n) is 13.7. The molecule has 0 bridgehead atoms. The average molecular weight is 326 g/mol. The molecule has 0 aliphatic rings. The van der Waals surface area contributed by atoms with Gasteiger partial charge in [-0.3, -0.25) is 9.59 Å². The first-order valence-electron chi connectivity index (χ1n) is 6.91. The summed E-state index contributed by atoms with van der Waals surface area (Å²) < 4.78 is 20.4. The summed E-state index contributed by atoms with van der Waals surface area (Å²) >= 11 is 0. The van der Waals surface area contributed by atoms with Gasteiger partial charge in [0.05, 0.1) is 34.5 Å². The molecule has 128 valence electrons. The average Bonchev–Trinajstić information content (AvgIpc) is 2.58. The lowest BCUT2D eigenvalue weighted by molar-refractivity contribution is -0.120. The Morgan fingerprint density at radius 1 is 0.957 bits per heavy atom. The molecular formula is C15H22N2O6. The van der Waals surface area contributed by atoms with Crippen LogP contribution in [0.5, 0.6) is 17.2 Å². The van der Waals surface area contributed by atoms with Gasteiger partial charge >= 0.3 is 0 Å². The zero-order chi connectivity index (χ0) is 17.2. The minimum Gasteiger partial charge on any atom is -0.493 e. The van der Waals surface area contributed by atoms with E-state index in [9.17, 15) is 9.59 Å². The molecule has 23 heavy (non-hydrogen) atoms. The highest BCUT2D eigenvalue weighted by Gasteiger charge is 2.17. The maximum Gasteiger partial charge on any atom is 0.251 e. The van der Waals surface area contributed by atoms with Gasteiger partial charge in [-0.1, -0.05) is 0 Å². The van der Waals surface area contributed by atoms with Crippen LogP contribution in [0.4, 0.5) is 0 Å². The zero-order valence-corrected chi connectivity index (χ0v) is 13.7. The number of benzene rings is 1. The summed E-state index contributed by atoms with van der Waals surface area (Å²) in [7, 11) is 5.94. The largest absolute Gasteiger partial charge is 0.493 e. The van der Waals surface area contributed by atoms with Crippen LogP contribution in [0.15, 0.2) is 12.1 Å². The Hall–Kier alpha value is -2.48. The fraction of sp³-hybridized carbons (Fsp3) is 0.467. The van der Waals surface area contributed by atoms with Gasteiger partial charge in [-0.05, 0) is 12.1 Å². The summed E-state index contributed by atoms with van der Waals surface area (Å²) in [5.41, 5.74) is 0.296. The van der Waals surface area contributed by atoms with Crippen LogP contribution in [-0.4, -0.2) is 59.9 Å². The Bertz CT molecular complexity index is 522. The van der Waals surface area contributed by atoms with E-state index >= 15 is 0 Å². The highest BCUT2D eigenvalue weighted by molar-refractivity contribution is 5.97. The van der Waals surface area contributed by atoms with Crippen LogP contribution in [0.3, 0.4) is 0 Å². The second-order valence-corrected chi connectivity index (χ2v) is 4.44. The fourth-order valence-corrected chi connectivity index (χ4v) is 1.83. The minimum atomic E-state index is -0.425. The van der Waals surface area contributed by atoms with Gasteiger partial charge in [-0.25, -0.2) is 0 Å². The smallest absolute Gasteiger partial charge is 0.251 e. The van der Waals surface area contributed by atoms with Crippen LogP contribution < -0.4 is 24.8 Å². The lowest BCUT2D eigenvalue weighted by Crippen LogP contribution is -2.38. The molecule has 0 unspecified atom stereocenters. The van der Waals surface area contributed by atoms with Gasteiger partial charge in [0, 0.05) is 19.2 Å². The molecule has 1 aromatic carbocycles. The van der Waals surface area contributed by atoms with Gasteiger partial charge in [-0.15, -0.1) is 0 Å². The minimum absolute atomic E-state index is 0.140. The van der Waals surface area contributed by atoms with Gasteiger partial charge in [0.2, 0.25) is 11.7 Å². The summed E-state index contributed by atoms with van der Waals surface area (Å²) in [5, 5.41) is 5.13. The van der Waals surface area contributed by atoms with Crippen LogP contribution in [0, 0.1) is 0 Å². The normalized spacial score (nSPS) is 9.91. The summed E-state index contributed by atoms with van der Waals surface area (Å²) in [6.07, 6.45) is 0. The topological polar surface area (TPSA) is 95.1 Å². The number of amides is 2. The third-order valence-corrected chi connectivity index (χ3v) is 2.96. The van der Waals surface area contributed by atoms with Crippen molar-refractivity contribution >= 4 is 11.8 Å². The van der Waals surface area contributed by atoms with E-state index in [2.05, 4.69) is 10.6 Å². The predicted octanol–water partition coefficient (Wildman–Crippen LogP) is 0.205. The molecule has 0 aliphatic carbocycles. The van der Waals surface area contributed by atoms with Gasteiger partial charge in [0.15, 0.2) is 11.5 Å². The molecule has 0 saturated heterocycles. The van der Waals surface area contributed by atoms with Crippen molar-refractivity contribution in [3.8, 4) is 17.2 Å². The molecule has 2 amide bonds. The highest BCUT2D eigenvalue weighted by atomic mass is 16.5. The van der Waals surface area contributed by atoms with E-state index in [0.29, 0.717) is 36.0 Å². The number of rotatable bonds is 9. The second-order valence-electron chi connectivity index (χ2n) is 4.44. The molecule has 0 aliphatic heterocycles. The maximum absolute atomic E-state index is 12.1. The van der Waals surface area contributed by atoms with Gasteiger partial charge in [-0.2, -0.15) is 0 Å². The molecule has 1 rings (SSSR count). The third kappa shape index (κ3) is 5.33. The van der Waals surface area contributed by atoms with E-state index in [0.717, 1.165) is 0 Å². The van der Waals surface area contributed by atoms with E-state index in [1.54, 1.807) is 7.11 Å². The van der Waals surface area contributed by atoms with E-state index in [4.69, 9.17) is 18.9 Å². The SMILES string of the molecule is COCCNC(=O)CNC(=O)c1cc(OC)c(OC)c(OC)c1. The van der Waals surface area contributed by atoms with Gasteiger partial charge in [0.1, 0.15) is 0 Å². The summed E-state index contributed by atoms with van der Waals surface area (Å²) in [4.78, 5) is 23.7. The number of nitrogens with one attached hydrogen (secondary N) is 2. The molecule has 1 aromatic rings. The number of hydrogen-bond acceptors (Lipinski definition) is 6. The second kappa shape index (κ2) is 9.52. The number of carbonyl (C=O) groups excluding carboxylic acids is 2. The number of ether oxygens (including phenoxy) is 4. The number of hydrogen-bond donors (Lipinski definition) is 2. The van der Waals surface area contributed by atoms with Crippen LogP contribution in [-0.2, 0) is 9.53 Å². The molecule has 0 atom stereocenters. The number of methoxy groups -OCH3 is 4. The van der Waals surface area contributed by atoms with E-state index in [1.807, 2.05) is 0 Å². The molecule has 0 radical (unpaired) electrons. The molecule has 0 heterocycles. The van der Waals surface area contributed by atoms with Crippen molar-refractivity contribution in [1.29, 1.82) is 0 Å². The summed E-state index contributed by atoms with van der Waals surface area (Å²) in [5.74, 6) is 0.390. The van der Waals surface area contributed by atoms with Gasteiger partial charge < -0.3 is 29.6 Å². The summed E-state index contributed by atoms with van der Waals surface area (Å²) in [6, 6.07) is 3.03. The van der Waals surface area contributed by atoms with Crippen molar-refractivity contribution in [1.82, 2.24) is 10.6 Å². The molecule has 0 spiro atoms. The monoisotopic (exact) mass is 326 g/mol. The fourth-order valence-electron chi connectivity index (χ4n) is 1.83. The molecule has 2 N–H and O–H groups in total. The molecule has 0 fully saturated rings. The molecular weight excluding hydrogens is 304 g/mol. The Labute approximate surface area is 135 Å². The molecule has 0 saturated carbocycles. The quantitative estimate of drug-likeness (QED) is 0.630. The first-order valence-corrected chi connectivity index (χ1v) is 6.91. The van der Waals surface area contributed by atoms with Crippen LogP contribution in [0.25, 0.3) is 0 Å². The van der Waals surface area contributed by atoms with Crippen molar-refractivity contribution < 1.29 is 28.5 Å². The molecule has 0 aromatic heterocycles. The highest BCUT2D eigenvalue weighted by Crippen LogP contribution is 2.38. The molecule has 8 nitrogen and oxygen atoms in total. The molecule has 8 heteroatoms. The Morgan fingerprint density at radius 3 is 2.04 bits per heavy atom. The number of carbonyl (C=O) groups is 2. The van der Waals surface area contributed by atoms with E-state index < -0.39 is 5.91 Å². The van der Waals surface area contributed by atoms with E-state index in [1.165, 1.54) is 33.5 Å². The Kier molecular flexibility index (Phi) is 7.69. The van der Waals surface area contributed by atoms with Gasteiger partial charge in [0.25, 0.3) is 5.91 Å². The van der Waals surface area contributed by atoms with Crippen molar-refractivity contribution in [3.63, 3.8) is 0 Å². The predicted molar refractivity (Wildman–Crippen MR) is 83.3 cm³/mol. The van der Waals surface area contributed by atoms with Crippen LogP contribution >= 0.6 is 0 Å². The van der Waals surface area contributed by atoms with Crippen LogP contribution in [0.2, 0.25) is 0 Å². The Morgan fingerprint density at radius 2 is 1.57 bits per heavy atom. The lowest BCUT2D eigenvalue weighted by atomic mass is 10.1. The van der Waals surface area contributed by atoms with Crippen molar-refractivity contribution in [2.24, 2.45) is 0 Å². The Balaban J connectivity index is 2.74. The van der Waals surface area contributed by atoms with Crippen molar-refractivity contribution in [2.45, 2.75) is 0 Å². The first-order chi connectivity index (χ1) is 11.1. The lowest BCUT2D eigenvalue weighted by Gasteiger charge is -2.14. The maximum atomic E-state index is 12.1. The van der Waals surface area contributed by atoms with E-state index in [-0.39, 0.29) is 12.5 Å². The van der Waals surface area contributed by atoms with Crippen LogP contribution in [0.1, 0.15) is 10.4 Å². The van der Waals surface area contributed by atoms with Crippen molar-refractivity contribution in [2.75, 3.05) is 48.1 Å². The first kappa shape index (κ1) is 18.6. The van der Waals surface area contributed by atoms with Crippen molar-refractivity contribution in [3.05, 3.63) is 17.7 Å². The summed E-state index contributed by atoms with van der Waals surface area (Å²) in [6.45, 7) is 0.654. The third-order valence-electron chi connectivity index (χ3n) is 2.96.